The Hall–Kier alpha value is -1.79. The fraction of sp³-hybridized carbons (Fsp3) is 0.529. The van der Waals surface area contributed by atoms with Gasteiger partial charge < -0.3 is 20.1 Å². The molecule has 0 radical (unpaired) electrons. The minimum Gasteiger partial charge on any atom is -0.482 e. The molecule has 1 atom stereocenters. The van der Waals surface area contributed by atoms with Gasteiger partial charge >= 0.3 is 0 Å². The van der Waals surface area contributed by atoms with Crippen LogP contribution < -0.4 is 10.5 Å². The molecule has 2 rings (SSSR count). The van der Waals surface area contributed by atoms with Crippen molar-refractivity contribution in [1.82, 2.24) is 4.90 Å². The summed E-state index contributed by atoms with van der Waals surface area (Å²) in [6.45, 7) is 0.993. The maximum atomic E-state index is 12.4. The lowest BCUT2D eigenvalue weighted by Crippen LogP contribution is -2.52. The van der Waals surface area contributed by atoms with E-state index in [-0.39, 0.29) is 24.8 Å². The van der Waals surface area contributed by atoms with Gasteiger partial charge in [0.2, 0.25) is 5.91 Å². The maximum absolute atomic E-state index is 12.4. The number of nitrogens with two attached hydrogens (primary N) is 1. The molecule has 2 amide bonds. The third kappa shape index (κ3) is 4.85. The molecule has 0 aromatic heterocycles. The number of carbonyl (C=O) groups excluding carboxylic acids is 2. The molecule has 1 aromatic rings. The largest absolute Gasteiger partial charge is 0.482 e. The number of halogens is 1. The van der Waals surface area contributed by atoms with Crippen molar-refractivity contribution in [3.63, 3.8) is 0 Å². The molecule has 6 nitrogen and oxygen atoms in total. The van der Waals surface area contributed by atoms with Gasteiger partial charge in [-0.15, -0.1) is 0 Å². The number of benzene rings is 1. The van der Waals surface area contributed by atoms with Crippen LogP contribution >= 0.6 is 11.6 Å². The van der Waals surface area contributed by atoms with E-state index in [4.69, 9.17) is 26.8 Å². The van der Waals surface area contributed by atoms with Gasteiger partial charge in [-0.05, 0) is 31.4 Å². The van der Waals surface area contributed by atoms with Gasteiger partial charge in [0, 0.05) is 26.6 Å². The summed E-state index contributed by atoms with van der Waals surface area (Å²) in [7, 11) is 1.61. The predicted molar refractivity (Wildman–Crippen MR) is 90.9 cm³/mol. The molecule has 24 heavy (non-hydrogen) atoms. The Balaban J connectivity index is 1.94. The first-order valence-electron chi connectivity index (χ1n) is 7.94. The Labute approximate surface area is 146 Å². The number of rotatable bonds is 7. The third-order valence-electron chi connectivity index (χ3n) is 4.34. The van der Waals surface area contributed by atoms with Crippen LogP contribution in [0.5, 0.6) is 5.75 Å². The molecule has 0 aliphatic carbocycles. The molecule has 1 aromatic carbocycles. The summed E-state index contributed by atoms with van der Waals surface area (Å²) >= 11 is 6.02. The molecule has 0 spiro atoms. The van der Waals surface area contributed by atoms with Crippen molar-refractivity contribution in [3.05, 3.63) is 29.3 Å². The number of methoxy groups -OCH3 is 1. The highest BCUT2D eigenvalue weighted by Crippen LogP contribution is 2.29. The average molecular weight is 355 g/mol. The van der Waals surface area contributed by atoms with Crippen LogP contribution in [0.4, 0.5) is 0 Å². The number of carbonyl (C=O) groups is 2. The van der Waals surface area contributed by atoms with E-state index in [1.54, 1.807) is 36.3 Å². The Morgan fingerprint density at radius 2 is 2.12 bits per heavy atom. The van der Waals surface area contributed by atoms with E-state index in [1.165, 1.54) is 0 Å². The molecule has 0 bridgehead atoms. The van der Waals surface area contributed by atoms with Crippen LogP contribution in [0.3, 0.4) is 0 Å². The zero-order valence-electron chi connectivity index (χ0n) is 13.8. The number of nitrogens with zero attached hydrogens (tertiary/aromatic N) is 1. The van der Waals surface area contributed by atoms with Crippen molar-refractivity contribution in [2.45, 2.75) is 31.3 Å². The van der Waals surface area contributed by atoms with Crippen molar-refractivity contribution < 1.29 is 19.1 Å². The number of primary amides is 1. The topological polar surface area (TPSA) is 81.9 Å². The van der Waals surface area contributed by atoms with E-state index < -0.39 is 5.60 Å². The van der Waals surface area contributed by atoms with Crippen molar-refractivity contribution in [2.75, 3.05) is 26.8 Å². The predicted octanol–water partition coefficient (Wildman–Crippen LogP) is 1.99. The summed E-state index contributed by atoms with van der Waals surface area (Å²) in [5, 5.41) is 0.469. The molecule has 1 fully saturated rings. The summed E-state index contributed by atoms with van der Waals surface area (Å²) in [5.41, 5.74) is 4.72. The molecule has 2 N–H and O–H groups in total. The second kappa shape index (κ2) is 8.35. The van der Waals surface area contributed by atoms with E-state index in [0.717, 1.165) is 12.8 Å². The highest BCUT2D eigenvalue weighted by atomic mass is 35.5. The number of hydrogen-bond donors (Lipinski definition) is 1. The number of piperidine rings is 1. The van der Waals surface area contributed by atoms with E-state index in [2.05, 4.69) is 0 Å². The van der Waals surface area contributed by atoms with Gasteiger partial charge in [-0.1, -0.05) is 23.7 Å². The van der Waals surface area contributed by atoms with Crippen LogP contribution in [0.15, 0.2) is 24.3 Å². The van der Waals surface area contributed by atoms with Gasteiger partial charge in [-0.2, -0.15) is 0 Å². The number of para-hydroxylation sites is 1. The van der Waals surface area contributed by atoms with Gasteiger partial charge in [-0.3, -0.25) is 9.59 Å². The highest BCUT2D eigenvalue weighted by molar-refractivity contribution is 6.32. The average Bonchev–Trinajstić information content (AvgIpc) is 2.59. The Bertz CT molecular complexity index is 596. The zero-order valence-corrected chi connectivity index (χ0v) is 14.6. The SMILES string of the molecule is CO[C@@]1(CCC(N)=O)CCCN(C(=O)COc2ccccc2Cl)C1. The lowest BCUT2D eigenvalue weighted by atomic mass is 9.88. The second-order valence-electron chi connectivity index (χ2n) is 5.99. The normalized spacial score (nSPS) is 20.7. The molecule has 7 heteroatoms. The summed E-state index contributed by atoms with van der Waals surface area (Å²) in [6, 6.07) is 7.03. The van der Waals surface area contributed by atoms with Gasteiger partial charge in [0.15, 0.2) is 6.61 Å². The second-order valence-corrected chi connectivity index (χ2v) is 6.40. The summed E-state index contributed by atoms with van der Waals surface area (Å²) in [6.07, 6.45) is 2.36. The Kier molecular flexibility index (Phi) is 6.45. The fourth-order valence-corrected chi connectivity index (χ4v) is 3.12. The number of ether oxygens (including phenoxy) is 2. The van der Waals surface area contributed by atoms with E-state index >= 15 is 0 Å². The number of hydrogen-bond acceptors (Lipinski definition) is 4. The van der Waals surface area contributed by atoms with Gasteiger partial charge in [0.25, 0.3) is 5.91 Å². The van der Waals surface area contributed by atoms with Crippen LogP contribution in [0.25, 0.3) is 0 Å². The molecule has 1 saturated heterocycles. The highest BCUT2D eigenvalue weighted by Gasteiger charge is 2.37. The third-order valence-corrected chi connectivity index (χ3v) is 4.65. The molecule has 132 valence electrons. The smallest absolute Gasteiger partial charge is 0.260 e. The molecule has 1 heterocycles. The van der Waals surface area contributed by atoms with Crippen molar-refractivity contribution in [3.8, 4) is 5.75 Å². The first kappa shape index (κ1) is 18.5. The van der Waals surface area contributed by atoms with Gasteiger partial charge in [0.05, 0.1) is 10.6 Å². The summed E-state index contributed by atoms with van der Waals surface area (Å²) < 4.78 is 11.1. The first-order chi connectivity index (χ1) is 11.5. The number of likely N-dealkylation sites (tertiary alicyclic amines) is 1. The van der Waals surface area contributed by atoms with Crippen molar-refractivity contribution in [2.24, 2.45) is 5.73 Å². The zero-order chi connectivity index (χ0) is 17.6. The maximum Gasteiger partial charge on any atom is 0.260 e. The molecule has 0 unspecified atom stereocenters. The van der Waals surface area contributed by atoms with Crippen LogP contribution in [0.2, 0.25) is 5.02 Å². The lowest BCUT2D eigenvalue weighted by molar-refractivity contribution is -0.143. The Morgan fingerprint density at radius 3 is 2.79 bits per heavy atom. The standard InChI is InChI=1S/C17H23ClN2O4/c1-23-17(9-7-15(19)21)8-4-10-20(12-17)16(22)11-24-14-6-3-2-5-13(14)18/h2-3,5-6H,4,7-12H2,1H3,(H2,19,21)/t17-/m1/s1. The molecule has 1 aliphatic rings. The Morgan fingerprint density at radius 1 is 1.38 bits per heavy atom. The fourth-order valence-electron chi connectivity index (χ4n) is 2.93. The van der Waals surface area contributed by atoms with Gasteiger partial charge in [-0.25, -0.2) is 0 Å². The van der Waals surface area contributed by atoms with E-state index in [9.17, 15) is 9.59 Å². The monoisotopic (exact) mass is 354 g/mol. The van der Waals surface area contributed by atoms with E-state index in [1.807, 2.05) is 0 Å². The van der Waals surface area contributed by atoms with Gasteiger partial charge in [0.1, 0.15) is 5.75 Å². The van der Waals surface area contributed by atoms with Crippen molar-refractivity contribution >= 4 is 23.4 Å². The summed E-state index contributed by atoms with van der Waals surface area (Å²) in [4.78, 5) is 25.2. The van der Waals surface area contributed by atoms with Crippen molar-refractivity contribution in [1.29, 1.82) is 0 Å². The molecule has 1 aliphatic heterocycles. The van der Waals surface area contributed by atoms with Crippen LogP contribution in [-0.4, -0.2) is 49.1 Å². The minimum atomic E-state index is -0.521. The molecule has 0 saturated carbocycles. The number of amides is 2. The summed E-state index contributed by atoms with van der Waals surface area (Å²) in [5.74, 6) is -0.0108. The molecular formula is C17H23ClN2O4. The minimum absolute atomic E-state index is 0.0840. The first-order valence-corrected chi connectivity index (χ1v) is 8.32. The van der Waals surface area contributed by atoms with Crippen LogP contribution in [0.1, 0.15) is 25.7 Å². The lowest BCUT2D eigenvalue weighted by Gasteiger charge is -2.41. The van der Waals surface area contributed by atoms with Crippen LogP contribution in [-0.2, 0) is 14.3 Å². The molecular weight excluding hydrogens is 332 g/mol. The quantitative estimate of drug-likeness (QED) is 0.811. The van der Waals surface area contributed by atoms with Crippen LogP contribution in [0, 0.1) is 0 Å². The van der Waals surface area contributed by atoms with E-state index in [0.29, 0.717) is 30.3 Å².